The van der Waals surface area contributed by atoms with E-state index in [-0.39, 0.29) is 11.6 Å². The molecular formula is C20H26N2O. The molecule has 1 atom stereocenters. The zero-order chi connectivity index (χ0) is 16.4. The van der Waals surface area contributed by atoms with E-state index in [0.29, 0.717) is 12.6 Å². The van der Waals surface area contributed by atoms with Crippen LogP contribution >= 0.6 is 0 Å². The van der Waals surface area contributed by atoms with E-state index in [4.69, 9.17) is 0 Å². The Morgan fingerprint density at radius 1 is 1.17 bits per heavy atom. The largest absolute Gasteiger partial charge is 0.310 e. The van der Waals surface area contributed by atoms with Crippen LogP contribution in [0.5, 0.6) is 0 Å². The summed E-state index contributed by atoms with van der Waals surface area (Å²) in [6.45, 7) is 7.01. The Bertz CT molecular complexity index is 726. The summed E-state index contributed by atoms with van der Waals surface area (Å²) in [5.41, 5.74) is 4.37. The highest BCUT2D eigenvalue weighted by atomic mass is 16.1. The lowest BCUT2D eigenvalue weighted by atomic mass is 10.1. The molecule has 1 unspecified atom stereocenters. The van der Waals surface area contributed by atoms with Crippen molar-refractivity contribution in [2.45, 2.75) is 58.7 Å². The minimum Gasteiger partial charge on any atom is -0.310 e. The first-order valence-electron chi connectivity index (χ1n) is 8.65. The van der Waals surface area contributed by atoms with Crippen molar-refractivity contribution in [1.29, 1.82) is 0 Å². The summed E-state index contributed by atoms with van der Waals surface area (Å²) in [4.78, 5) is 13.0. The fourth-order valence-electron chi connectivity index (χ4n) is 2.85. The van der Waals surface area contributed by atoms with Crippen molar-refractivity contribution < 1.29 is 0 Å². The first-order chi connectivity index (χ1) is 11.1. The fraction of sp³-hybridized carbons (Fsp3) is 0.450. The van der Waals surface area contributed by atoms with Crippen molar-refractivity contribution in [2.24, 2.45) is 0 Å². The smallest absolute Gasteiger partial charge is 0.255 e. The minimum absolute atomic E-state index is 0.144. The summed E-state index contributed by atoms with van der Waals surface area (Å²) in [6.07, 6.45) is 3.42. The molecule has 1 aliphatic carbocycles. The second kappa shape index (κ2) is 6.71. The second-order valence-corrected chi connectivity index (χ2v) is 6.70. The van der Waals surface area contributed by atoms with E-state index >= 15 is 0 Å². The van der Waals surface area contributed by atoms with Gasteiger partial charge in [0.05, 0.1) is 5.69 Å². The number of nitrogens with one attached hydrogen (secondary N) is 1. The van der Waals surface area contributed by atoms with Gasteiger partial charge in [-0.2, -0.15) is 0 Å². The fourth-order valence-corrected chi connectivity index (χ4v) is 2.85. The van der Waals surface area contributed by atoms with E-state index in [9.17, 15) is 4.79 Å². The maximum atomic E-state index is 13.0. The van der Waals surface area contributed by atoms with Gasteiger partial charge in [0.15, 0.2) is 0 Å². The number of nitrogens with zero attached hydrogens (tertiary/aromatic N) is 1. The molecule has 1 aromatic carbocycles. The van der Waals surface area contributed by atoms with Gasteiger partial charge in [0.2, 0.25) is 0 Å². The zero-order valence-electron chi connectivity index (χ0n) is 14.3. The SMILES string of the molecule is CCC(C)n1c(-c2ccc(C)cc2)ccc(CNC2CC2)c1=O. The highest BCUT2D eigenvalue weighted by Gasteiger charge is 2.21. The Morgan fingerprint density at radius 2 is 1.87 bits per heavy atom. The molecule has 3 rings (SSSR count). The Hall–Kier alpha value is -1.87. The number of aromatic nitrogens is 1. The van der Waals surface area contributed by atoms with Crippen molar-refractivity contribution in [2.75, 3.05) is 0 Å². The monoisotopic (exact) mass is 310 g/mol. The number of hydrogen-bond acceptors (Lipinski definition) is 2. The van der Waals surface area contributed by atoms with Crippen molar-refractivity contribution in [1.82, 2.24) is 9.88 Å². The van der Waals surface area contributed by atoms with Crippen LogP contribution < -0.4 is 10.9 Å². The Morgan fingerprint density at radius 3 is 2.48 bits per heavy atom. The molecule has 0 aliphatic heterocycles. The lowest BCUT2D eigenvalue weighted by Crippen LogP contribution is -2.30. The molecule has 0 bridgehead atoms. The average Bonchev–Trinajstić information content (AvgIpc) is 3.38. The Kier molecular flexibility index (Phi) is 4.67. The van der Waals surface area contributed by atoms with Gasteiger partial charge in [-0.1, -0.05) is 42.8 Å². The standard InChI is InChI=1S/C20H26N2O/c1-4-15(3)22-19(16-7-5-14(2)6-8-16)12-9-17(20(22)23)13-21-18-10-11-18/h5-9,12,15,18,21H,4,10-11,13H2,1-3H3. The second-order valence-electron chi connectivity index (χ2n) is 6.70. The van der Waals surface area contributed by atoms with Gasteiger partial charge >= 0.3 is 0 Å². The zero-order valence-corrected chi connectivity index (χ0v) is 14.3. The van der Waals surface area contributed by atoms with Crippen LogP contribution in [0.1, 0.15) is 50.3 Å². The topological polar surface area (TPSA) is 34.0 Å². The molecule has 1 N–H and O–H groups in total. The van der Waals surface area contributed by atoms with Crippen LogP contribution in [0.4, 0.5) is 0 Å². The predicted octanol–water partition coefficient (Wildman–Crippen LogP) is 4.05. The molecule has 0 amide bonds. The number of benzene rings is 1. The van der Waals surface area contributed by atoms with Crippen LogP contribution in [-0.4, -0.2) is 10.6 Å². The van der Waals surface area contributed by atoms with E-state index in [2.05, 4.69) is 56.4 Å². The van der Waals surface area contributed by atoms with Gasteiger partial charge in [-0.3, -0.25) is 4.79 Å². The van der Waals surface area contributed by atoms with Crippen LogP contribution in [0, 0.1) is 6.92 Å². The maximum absolute atomic E-state index is 13.0. The van der Waals surface area contributed by atoms with Crippen LogP contribution in [0.2, 0.25) is 0 Å². The van der Waals surface area contributed by atoms with Crippen LogP contribution in [0.3, 0.4) is 0 Å². The van der Waals surface area contributed by atoms with Gasteiger partial charge in [0.25, 0.3) is 5.56 Å². The number of hydrogen-bond donors (Lipinski definition) is 1. The van der Waals surface area contributed by atoms with Crippen LogP contribution in [0.25, 0.3) is 11.3 Å². The summed E-state index contributed by atoms with van der Waals surface area (Å²) < 4.78 is 1.97. The maximum Gasteiger partial charge on any atom is 0.255 e. The number of aryl methyl sites for hydroxylation is 1. The van der Waals surface area contributed by atoms with E-state index < -0.39 is 0 Å². The van der Waals surface area contributed by atoms with Crippen LogP contribution in [0.15, 0.2) is 41.2 Å². The minimum atomic E-state index is 0.144. The summed E-state index contributed by atoms with van der Waals surface area (Å²) in [7, 11) is 0. The highest BCUT2D eigenvalue weighted by molar-refractivity contribution is 5.60. The van der Waals surface area contributed by atoms with Crippen molar-refractivity contribution in [3.8, 4) is 11.3 Å². The summed E-state index contributed by atoms with van der Waals surface area (Å²) in [5.74, 6) is 0. The third kappa shape index (κ3) is 3.56. The first-order valence-corrected chi connectivity index (χ1v) is 8.65. The molecule has 3 heteroatoms. The van der Waals surface area contributed by atoms with Gasteiger partial charge in [0, 0.05) is 24.2 Å². The molecule has 3 nitrogen and oxygen atoms in total. The molecule has 1 heterocycles. The van der Waals surface area contributed by atoms with Gasteiger partial charge < -0.3 is 9.88 Å². The highest BCUT2D eigenvalue weighted by Crippen LogP contribution is 2.24. The van der Waals surface area contributed by atoms with Crippen molar-refractivity contribution in [3.05, 3.63) is 57.9 Å². The molecular weight excluding hydrogens is 284 g/mol. The summed E-state index contributed by atoms with van der Waals surface area (Å²) >= 11 is 0. The van der Waals surface area contributed by atoms with Crippen molar-refractivity contribution in [3.63, 3.8) is 0 Å². The lowest BCUT2D eigenvalue weighted by Gasteiger charge is -2.20. The molecule has 0 spiro atoms. The normalized spacial score (nSPS) is 15.6. The molecule has 1 aliphatic rings. The molecule has 2 aromatic rings. The third-order valence-electron chi connectivity index (χ3n) is 4.73. The molecule has 1 aromatic heterocycles. The quantitative estimate of drug-likeness (QED) is 0.873. The summed E-state index contributed by atoms with van der Waals surface area (Å²) in [6, 6.07) is 13.3. The van der Waals surface area contributed by atoms with E-state index in [1.54, 1.807) is 0 Å². The third-order valence-corrected chi connectivity index (χ3v) is 4.73. The number of pyridine rings is 1. The van der Waals surface area contributed by atoms with Crippen molar-refractivity contribution >= 4 is 0 Å². The van der Waals surface area contributed by atoms with E-state index in [1.807, 2.05) is 10.6 Å². The van der Waals surface area contributed by atoms with Gasteiger partial charge in [-0.05, 0) is 44.7 Å². The molecule has 0 radical (unpaired) electrons. The van der Waals surface area contributed by atoms with E-state index in [0.717, 1.165) is 23.2 Å². The molecule has 23 heavy (non-hydrogen) atoms. The Labute approximate surface area is 138 Å². The first kappa shape index (κ1) is 16.0. The number of rotatable bonds is 6. The van der Waals surface area contributed by atoms with Gasteiger partial charge in [-0.15, -0.1) is 0 Å². The lowest BCUT2D eigenvalue weighted by molar-refractivity contribution is 0.513. The predicted molar refractivity (Wildman–Crippen MR) is 95.7 cm³/mol. The molecule has 1 saturated carbocycles. The van der Waals surface area contributed by atoms with E-state index in [1.165, 1.54) is 18.4 Å². The van der Waals surface area contributed by atoms with Gasteiger partial charge in [-0.25, -0.2) is 0 Å². The van der Waals surface area contributed by atoms with Gasteiger partial charge in [0.1, 0.15) is 0 Å². The molecule has 0 saturated heterocycles. The Balaban J connectivity index is 2.02. The summed E-state index contributed by atoms with van der Waals surface area (Å²) in [5, 5.41) is 3.45. The van der Waals surface area contributed by atoms with Crippen LogP contribution in [-0.2, 0) is 6.54 Å². The molecule has 1 fully saturated rings. The average molecular weight is 310 g/mol. The molecule has 122 valence electrons.